The van der Waals surface area contributed by atoms with Crippen LogP contribution in [0, 0.1) is 11.8 Å². The highest BCUT2D eigenvalue weighted by Gasteiger charge is 2.22. The summed E-state index contributed by atoms with van der Waals surface area (Å²) in [5.41, 5.74) is 1.19. The van der Waals surface area contributed by atoms with Gasteiger partial charge in [-0.05, 0) is 30.4 Å². The summed E-state index contributed by atoms with van der Waals surface area (Å²) in [6, 6.07) is 0. The number of ether oxygens (including phenoxy) is 1. The zero-order valence-electron chi connectivity index (χ0n) is 9.82. The number of allylic oxidation sites excluding steroid dienone is 2. The zero-order valence-corrected chi connectivity index (χ0v) is 9.82. The molecule has 0 aromatic heterocycles. The second kappa shape index (κ2) is 5.15. The molecule has 2 heteroatoms. The number of carbonyl (C=O) groups excluding carboxylic acids is 1. The summed E-state index contributed by atoms with van der Waals surface area (Å²) in [4.78, 5) is 11.4. The van der Waals surface area contributed by atoms with Crippen molar-refractivity contribution in [3.63, 3.8) is 0 Å². The van der Waals surface area contributed by atoms with Crippen molar-refractivity contribution in [1.29, 1.82) is 0 Å². The normalized spacial score (nSPS) is 26.0. The Balaban J connectivity index is 2.62. The van der Waals surface area contributed by atoms with Gasteiger partial charge in [0.2, 0.25) is 0 Å². The van der Waals surface area contributed by atoms with Crippen molar-refractivity contribution in [2.75, 3.05) is 0 Å². The molecule has 1 aliphatic carbocycles. The van der Waals surface area contributed by atoms with Crippen LogP contribution in [0.5, 0.6) is 0 Å². The highest BCUT2D eigenvalue weighted by molar-refractivity contribution is 5.71. The maximum atomic E-state index is 11.4. The van der Waals surface area contributed by atoms with Gasteiger partial charge in [0.25, 0.3) is 0 Å². The first-order chi connectivity index (χ1) is 7.02. The monoisotopic (exact) mass is 208 g/mol. The molecule has 2 atom stereocenters. The Kier molecular flexibility index (Phi) is 4.13. The Morgan fingerprint density at radius 3 is 2.87 bits per heavy atom. The van der Waals surface area contributed by atoms with Crippen LogP contribution in [0.15, 0.2) is 24.3 Å². The van der Waals surface area contributed by atoms with E-state index in [1.54, 1.807) is 0 Å². The summed E-state index contributed by atoms with van der Waals surface area (Å²) in [6.07, 6.45) is 5.78. The number of hydrogen-bond acceptors (Lipinski definition) is 2. The molecule has 15 heavy (non-hydrogen) atoms. The van der Waals surface area contributed by atoms with Crippen LogP contribution in [0.25, 0.3) is 0 Å². The van der Waals surface area contributed by atoms with E-state index >= 15 is 0 Å². The van der Waals surface area contributed by atoms with Crippen molar-refractivity contribution in [3.05, 3.63) is 24.3 Å². The fraction of sp³-hybridized carbons (Fsp3) is 0.615. The van der Waals surface area contributed by atoms with Gasteiger partial charge in [0.05, 0.1) is 5.92 Å². The van der Waals surface area contributed by atoms with Crippen LogP contribution in [0.2, 0.25) is 0 Å². The molecule has 84 valence electrons. The van der Waals surface area contributed by atoms with Crippen LogP contribution in [-0.2, 0) is 9.53 Å². The van der Waals surface area contributed by atoms with E-state index < -0.39 is 0 Å². The summed E-state index contributed by atoms with van der Waals surface area (Å²) >= 11 is 0. The Morgan fingerprint density at radius 1 is 1.67 bits per heavy atom. The second-order valence-corrected chi connectivity index (χ2v) is 4.62. The minimum absolute atomic E-state index is 0.0530. The van der Waals surface area contributed by atoms with E-state index in [1.165, 1.54) is 5.57 Å². The molecule has 2 nitrogen and oxygen atoms in total. The molecule has 0 aromatic rings. The first kappa shape index (κ1) is 12.0. The Morgan fingerprint density at radius 2 is 2.33 bits per heavy atom. The van der Waals surface area contributed by atoms with Gasteiger partial charge in [0.1, 0.15) is 6.10 Å². The van der Waals surface area contributed by atoms with Crippen LogP contribution in [-0.4, -0.2) is 12.1 Å². The van der Waals surface area contributed by atoms with Gasteiger partial charge < -0.3 is 4.74 Å². The average Bonchev–Trinajstić information content (AvgIpc) is 2.16. The van der Waals surface area contributed by atoms with E-state index in [1.807, 2.05) is 26.0 Å². The van der Waals surface area contributed by atoms with E-state index in [0.29, 0.717) is 5.92 Å². The van der Waals surface area contributed by atoms with Gasteiger partial charge in [-0.2, -0.15) is 0 Å². The smallest absolute Gasteiger partial charge is 0.308 e. The lowest BCUT2D eigenvalue weighted by atomic mass is 9.88. The average molecular weight is 208 g/mol. The van der Waals surface area contributed by atoms with Crippen LogP contribution >= 0.6 is 0 Å². The summed E-state index contributed by atoms with van der Waals surface area (Å²) in [7, 11) is 0. The largest absolute Gasteiger partial charge is 0.458 e. The molecule has 0 saturated carbocycles. The van der Waals surface area contributed by atoms with Gasteiger partial charge in [0.15, 0.2) is 0 Å². The maximum absolute atomic E-state index is 11.4. The molecule has 0 amide bonds. The maximum Gasteiger partial charge on any atom is 0.308 e. The number of esters is 1. The van der Waals surface area contributed by atoms with Crippen molar-refractivity contribution in [1.82, 2.24) is 0 Å². The first-order valence-corrected chi connectivity index (χ1v) is 5.56. The van der Waals surface area contributed by atoms with Gasteiger partial charge in [-0.25, -0.2) is 0 Å². The third kappa shape index (κ3) is 3.54. The lowest BCUT2D eigenvalue weighted by molar-refractivity contribution is -0.151. The summed E-state index contributed by atoms with van der Waals surface area (Å²) in [5, 5.41) is 0. The fourth-order valence-electron chi connectivity index (χ4n) is 1.78. The zero-order chi connectivity index (χ0) is 11.4. The molecule has 0 spiro atoms. The SMILES string of the molecule is C=CC1=C[C@H](OC(=O)C(C)C)C[C@H](C)C1. The minimum Gasteiger partial charge on any atom is -0.458 e. The second-order valence-electron chi connectivity index (χ2n) is 4.62. The van der Waals surface area contributed by atoms with Crippen LogP contribution in [0.3, 0.4) is 0 Å². The molecular weight excluding hydrogens is 188 g/mol. The highest BCUT2D eigenvalue weighted by atomic mass is 16.5. The van der Waals surface area contributed by atoms with Crippen LogP contribution in [0.1, 0.15) is 33.6 Å². The van der Waals surface area contributed by atoms with Crippen molar-refractivity contribution < 1.29 is 9.53 Å². The summed E-state index contributed by atoms with van der Waals surface area (Å²) in [6.45, 7) is 9.64. The molecule has 0 saturated heterocycles. The molecule has 1 rings (SSSR count). The third-order valence-corrected chi connectivity index (χ3v) is 2.62. The Hall–Kier alpha value is -1.05. The highest BCUT2D eigenvalue weighted by Crippen LogP contribution is 2.26. The molecule has 1 aliphatic rings. The van der Waals surface area contributed by atoms with Crippen LogP contribution < -0.4 is 0 Å². The van der Waals surface area contributed by atoms with Crippen LogP contribution in [0.4, 0.5) is 0 Å². The predicted molar refractivity (Wildman–Crippen MR) is 61.4 cm³/mol. The van der Waals surface area contributed by atoms with Gasteiger partial charge in [-0.1, -0.05) is 33.4 Å². The van der Waals surface area contributed by atoms with Gasteiger partial charge in [0, 0.05) is 0 Å². The summed E-state index contributed by atoms with van der Waals surface area (Å²) < 4.78 is 5.39. The molecule has 0 aliphatic heterocycles. The predicted octanol–water partition coefficient (Wildman–Crippen LogP) is 3.10. The van der Waals surface area contributed by atoms with Crippen molar-refractivity contribution in [2.45, 2.75) is 39.7 Å². The van der Waals surface area contributed by atoms with Crippen molar-refractivity contribution in [3.8, 4) is 0 Å². The molecule has 0 radical (unpaired) electrons. The number of hydrogen-bond donors (Lipinski definition) is 0. The van der Waals surface area contributed by atoms with Crippen molar-refractivity contribution >= 4 is 5.97 Å². The first-order valence-electron chi connectivity index (χ1n) is 5.56. The van der Waals surface area contributed by atoms with Gasteiger partial charge >= 0.3 is 5.97 Å². The molecule has 0 N–H and O–H groups in total. The lowest BCUT2D eigenvalue weighted by Crippen LogP contribution is -2.24. The van der Waals surface area contributed by atoms with E-state index in [9.17, 15) is 4.79 Å². The lowest BCUT2D eigenvalue weighted by Gasteiger charge is -2.25. The van der Waals surface area contributed by atoms with Crippen molar-refractivity contribution in [2.24, 2.45) is 11.8 Å². The topological polar surface area (TPSA) is 26.3 Å². The molecule has 0 unspecified atom stereocenters. The van der Waals surface area contributed by atoms with E-state index in [4.69, 9.17) is 4.74 Å². The molecular formula is C13H20O2. The third-order valence-electron chi connectivity index (χ3n) is 2.62. The fourth-order valence-corrected chi connectivity index (χ4v) is 1.78. The minimum atomic E-state index is -0.117. The molecule has 0 aromatic carbocycles. The van der Waals surface area contributed by atoms with E-state index in [-0.39, 0.29) is 18.0 Å². The molecule has 0 fully saturated rings. The van der Waals surface area contributed by atoms with E-state index in [2.05, 4.69) is 13.5 Å². The standard InChI is InChI=1S/C13H20O2/c1-5-11-6-10(4)7-12(8-11)15-13(14)9(2)3/h5,8-10,12H,1,6-7H2,2-4H3/t10-,12-/m1/s1. The molecule has 0 bridgehead atoms. The Bertz CT molecular complexity index is 276. The number of rotatable bonds is 3. The van der Waals surface area contributed by atoms with Gasteiger partial charge in [-0.15, -0.1) is 0 Å². The number of carbonyl (C=O) groups is 1. The van der Waals surface area contributed by atoms with Gasteiger partial charge in [-0.3, -0.25) is 4.79 Å². The van der Waals surface area contributed by atoms with E-state index in [0.717, 1.165) is 12.8 Å². The Labute approximate surface area is 92.0 Å². The molecule has 0 heterocycles. The quantitative estimate of drug-likeness (QED) is 0.666. The summed E-state index contributed by atoms with van der Waals surface area (Å²) in [5.74, 6) is 0.393.